The fourth-order valence-electron chi connectivity index (χ4n) is 0.630. The summed E-state index contributed by atoms with van der Waals surface area (Å²) >= 11 is 14.4. The highest BCUT2D eigenvalue weighted by atomic mass is 35.6. The molecule has 0 aliphatic carbocycles. The standard InChI is InChI=1S/C7H8O2.CHCl3/c1-9-7-5-3-2-4-6(7)8;2-1(3)4/h2-5,8H,1H3;1H. The molecule has 2 nitrogen and oxygen atoms in total. The molecular weight excluding hydrogens is 234 g/mol. The van der Waals surface area contributed by atoms with Crippen LogP contribution in [0.4, 0.5) is 0 Å². The Hall–Kier alpha value is -0.310. The van der Waals surface area contributed by atoms with E-state index >= 15 is 0 Å². The first-order valence-electron chi connectivity index (χ1n) is 3.32. The number of para-hydroxylation sites is 2. The Morgan fingerprint density at radius 1 is 1.23 bits per heavy atom. The van der Waals surface area contributed by atoms with E-state index in [1.165, 1.54) is 7.11 Å². The van der Waals surface area contributed by atoms with E-state index in [0.717, 1.165) is 0 Å². The van der Waals surface area contributed by atoms with Crippen molar-refractivity contribution >= 4 is 34.8 Å². The number of benzene rings is 1. The van der Waals surface area contributed by atoms with Gasteiger partial charge in [-0.05, 0) is 12.1 Å². The first-order valence-corrected chi connectivity index (χ1v) is 4.63. The van der Waals surface area contributed by atoms with Crippen molar-refractivity contribution in [3.8, 4) is 11.5 Å². The molecule has 0 amide bonds. The number of halogens is 3. The van der Waals surface area contributed by atoms with E-state index < -0.39 is 4.30 Å². The van der Waals surface area contributed by atoms with E-state index in [4.69, 9.17) is 44.6 Å². The number of ether oxygens (including phenoxy) is 1. The molecule has 13 heavy (non-hydrogen) atoms. The molecule has 0 spiro atoms. The molecule has 0 saturated carbocycles. The highest BCUT2D eigenvalue weighted by Gasteiger charge is 1.94. The number of hydrogen-bond acceptors (Lipinski definition) is 2. The van der Waals surface area contributed by atoms with Crippen LogP contribution in [0.3, 0.4) is 0 Å². The number of phenols is 1. The van der Waals surface area contributed by atoms with Gasteiger partial charge in [0.1, 0.15) is 0 Å². The lowest BCUT2D eigenvalue weighted by molar-refractivity contribution is 0.373. The Morgan fingerprint density at radius 2 is 1.69 bits per heavy atom. The summed E-state index contributed by atoms with van der Waals surface area (Å²) in [7, 11) is 1.52. The fraction of sp³-hybridized carbons (Fsp3) is 0.250. The monoisotopic (exact) mass is 242 g/mol. The summed E-state index contributed by atoms with van der Waals surface area (Å²) in [5.74, 6) is 0.692. The second kappa shape index (κ2) is 7.13. The Labute approximate surface area is 92.0 Å². The van der Waals surface area contributed by atoms with Crippen molar-refractivity contribution in [3.05, 3.63) is 24.3 Å². The lowest BCUT2D eigenvalue weighted by Gasteiger charge is -1.99. The van der Waals surface area contributed by atoms with Gasteiger partial charge < -0.3 is 9.84 Å². The average Bonchev–Trinajstić information content (AvgIpc) is 2.04. The minimum atomic E-state index is -0.750. The lowest BCUT2D eigenvalue weighted by atomic mass is 10.3. The van der Waals surface area contributed by atoms with Crippen LogP contribution in [0.25, 0.3) is 0 Å². The zero-order chi connectivity index (χ0) is 10.3. The summed E-state index contributed by atoms with van der Waals surface area (Å²) < 4.78 is 4.04. The third-order valence-corrected chi connectivity index (χ3v) is 1.09. The van der Waals surface area contributed by atoms with Crippen LogP contribution in [0.15, 0.2) is 24.3 Å². The molecule has 0 aromatic heterocycles. The van der Waals surface area contributed by atoms with Crippen molar-refractivity contribution < 1.29 is 9.84 Å². The smallest absolute Gasteiger partial charge is 0.180 e. The Kier molecular flexibility index (Phi) is 6.96. The molecule has 1 rings (SSSR count). The van der Waals surface area contributed by atoms with Crippen molar-refractivity contribution in [1.82, 2.24) is 0 Å². The minimum Gasteiger partial charge on any atom is -0.504 e. The van der Waals surface area contributed by atoms with E-state index in [-0.39, 0.29) is 5.75 Å². The molecule has 74 valence electrons. The minimum absolute atomic E-state index is 0.181. The van der Waals surface area contributed by atoms with E-state index in [9.17, 15) is 0 Å². The number of methoxy groups -OCH3 is 1. The van der Waals surface area contributed by atoms with Gasteiger partial charge in [-0.3, -0.25) is 0 Å². The quantitative estimate of drug-likeness (QED) is 0.766. The van der Waals surface area contributed by atoms with Crippen molar-refractivity contribution in [3.63, 3.8) is 0 Å². The molecule has 0 unspecified atom stereocenters. The van der Waals surface area contributed by atoms with E-state index in [1.54, 1.807) is 24.3 Å². The van der Waals surface area contributed by atoms with Crippen LogP contribution < -0.4 is 4.74 Å². The van der Waals surface area contributed by atoms with Gasteiger partial charge in [0.2, 0.25) is 0 Å². The third kappa shape index (κ3) is 6.82. The van der Waals surface area contributed by atoms with Crippen LogP contribution in [0, 0.1) is 0 Å². The van der Waals surface area contributed by atoms with Gasteiger partial charge in [0.15, 0.2) is 15.8 Å². The fourth-order valence-corrected chi connectivity index (χ4v) is 0.630. The highest BCUT2D eigenvalue weighted by Crippen LogP contribution is 2.22. The summed E-state index contributed by atoms with van der Waals surface area (Å²) in [6.45, 7) is 0. The topological polar surface area (TPSA) is 29.5 Å². The van der Waals surface area contributed by atoms with Crippen LogP contribution in [-0.2, 0) is 0 Å². The number of rotatable bonds is 1. The predicted octanol–water partition coefficient (Wildman–Crippen LogP) is 3.39. The molecular formula is C8H9Cl3O2. The molecule has 0 aliphatic rings. The van der Waals surface area contributed by atoms with Gasteiger partial charge in [-0.1, -0.05) is 46.9 Å². The molecule has 0 radical (unpaired) electrons. The summed E-state index contributed by atoms with van der Waals surface area (Å²) in [5, 5.41) is 8.99. The molecule has 1 aromatic rings. The maximum atomic E-state index is 8.99. The molecule has 0 heterocycles. The van der Waals surface area contributed by atoms with Crippen LogP contribution in [0.5, 0.6) is 11.5 Å². The van der Waals surface area contributed by atoms with Crippen LogP contribution >= 0.6 is 34.8 Å². The summed E-state index contributed by atoms with van der Waals surface area (Å²) in [6.07, 6.45) is 0. The lowest BCUT2D eigenvalue weighted by Crippen LogP contribution is -1.80. The van der Waals surface area contributed by atoms with Crippen molar-refractivity contribution in [2.24, 2.45) is 0 Å². The van der Waals surface area contributed by atoms with E-state index in [1.807, 2.05) is 0 Å². The number of hydrogen-bond donors (Lipinski definition) is 1. The van der Waals surface area contributed by atoms with Crippen LogP contribution in [-0.4, -0.2) is 16.5 Å². The van der Waals surface area contributed by atoms with Crippen molar-refractivity contribution in [1.29, 1.82) is 0 Å². The maximum Gasteiger partial charge on any atom is 0.180 e. The number of aromatic hydroxyl groups is 1. The Balaban J connectivity index is 0.000000310. The number of alkyl halides is 3. The Bertz CT molecular complexity index is 238. The normalized spacial score (nSPS) is 9.00. The Morgan fingerprint density at radius 3 is 2.00 bits per heavy atom. The largest absolute Gasteiger partial charge is 0.504 e. The van der Waals surface area contributed by atoms with Gasteiger partial charge in [0.25, 0.3) is 0 Å². The van der Waals surface area contributed by atoms with Gasteiger partial charge in [-0.25, -0.2) is 0 Å². The molecule has 0 aliphatic heterocycles. The maximum absolute atomic E-state index is 8.99. The zero-order valence-corrected chi connectivity index (χ0v) is 9.14. The van der Waals surface area contributed by atoms with Crippen molar-refractivity contribution in [2.75, 3.05) is 7.11 Å². The summed E-state index contributed by atoms with van der Waals surface area (Å²) in [5.41, 5.74) is 0. The first kappa shape index (κ1) is 12.7. The van der Waals surface area contributed by atoms with Crippen LogP contribution in [0.1, 0.15) is 0 Å². The van der Waals surface area contributed by atoms with Crippen LogP contribution in [0.2, 0.25) is 0 Å². The molecule has 0 atom stereocenters. The summed E-state index contributed by atoms with van der Waals surface area (Å²) in [6, 6.07) is 6.84. The molecule has 0 bridgehead atoms. The first-order chi connectivity index (χ1) is 6.07. The molecule has 1 aromatic carbocycles. The van der Waals surface area contributed by atoms with E-state index in [2.05, 4.69) is 0 Å². The summed E-state index contributed by atoms with van der Waals surface area (Å²) in [4.78, 5) is 0. The average molecular weight is 244 g/mol. The molecule has 0 fully saturated rings. The van der Waals surface area contributed by atoms with Gasteiger partial charge >= 0.3 is 0 Å². The molecule has 5 heteroatoms. The predicted molar refractivity (Wildman–Crippen MR) is 56.0 cm³/mol. The highest BCUT2D eigenvalue weighted by molar-refractivity contribution is 6.63. The van der Waals surface area contributed by atoms with E-state index in [0.29, 0.717) is 5.75 Å². The molecule has 0 saturated heterocycles. The van der Waals surface area contributed by atoms with Gasteiger partial charge in [-0.2, -0.15) is 0 Å². The van der Waals surface area contributed by atoms with Gasteiger partial charge in [-0.15, -0.1) is 0 Å². The second-order valence-corrected chi connectivity index (χ2v) is 3.90. The van der Waals surface area contributed by atoms with Gasteiger partial charge in [0, 0.05) is 0 Å². The van der Waals surface area contributed by atoms with Gasteiger partial charge in [0.05, 0.1) is 7.11 Å². The third-order valence-electron chi connectivity index (χ3n) is 1.09. The SMILES string of the molecule is COc1ccccc1O.ClC(Cl)Cl. The van der Waals surface area contributed by atoms with Crippen molar-refractivity contribution in [2.45, 2.75) is 4.30 Å². The number of phenolic OH excluding ortho intramolecular Hbond substituents is 1. The zero-order valence-electron chi connectivity index (χ0n) is 6.88. The second-order valence-electron chi connectivity index (χ2n) is 1.92. The molecule has 1 N–H and O–H groups in total.